The number of anilines is 1. The number of hydrogen-bond donors (Lipinski definition) is 1. The van der Waals surface area contributed by atoms with Gasteiger partial charge < -0.3 is 19.6 Å². The van der Waals surface area contributed by atoms with E-state index in [0.29, 0.717) is 19.0 Å². The molecular formula is C17H19N7O. The van der Waals surface area contributed by atoms with Gasteiger partial charge in [-0.05, 0) is 19.1 Å². The molecule has 0 bridgehead atoms. The van der Waals surface area contributed by atoms with Gasteiger partial charge in [-0.25, -0.2) is 15.0 Å². The summed E-state index contributed by atoms with van der Waals surface area (Å²) in [6, 6.07) is 3.87. The van der Waals surface area contributed by atoms with E-state index in [1.54, 1.807) is 12.4 Å². The van der Waals surface area contributed by atoms with Gasteiger partial charge in [0.1, 0.15) is 5.82 Å². The van der Waals surface area contributed by atoms with Gasteiger partial charge in [-0.2, -0.15) is 0 Å². The Kier molecular flexibility index (Phi) is 4.10. The average molecular weight is 337 g/mol. The standard InChI is InChI=1S/C17H19N7O/c1-2-24-15(12-3-5-19-6-4-12)22-14-16(23-7-9-25-10-8-23)20-13(11-18)21-17(14)24/h3-6,11,18H,2,7-10H2,1H3. The molecule has 0 atom stereocenters. The minimum absolute atomic E-state index is 0.393. The smallest absolute Gasteiger partial charge is 0.174 e. The van der Waals surface area contributed by atoms with Gasteiger partial charge >= 0.3 is 0 Å². The Morgan fingerprint density at radius 3 is 2.60 bits per heavy atom. The predicted molar refractivity (Wildman–Crippen MR) is 95.1 cm³/mol. The van der Waals surface area contributed by atoms with Crippen LogP contribution in [0.5, 0.6) is 0 Å². The quantitative estimate of drug-likeness (QED) is 0.729. The highest BCUT2D eigenvalue weighted by molar-refractivity contribution is 5.89. The van der Waals surface area contributed by atoms with Crippen LogP contribution in [0.25, 0.3) is 22.6 Å². The first-order valence-electron chi connectivity index (χ1n) is 8.33. The lowest BCUT2D eigenvalue weighted by atomic mass is 10.2. The zero-order valence-electron chi connectivity index (χ0n) is 14.0. The topological polar surface area (TPSA) is 92.8 Å². The predicted octanol–water partition coefficient (Wildman–Crippen LogP) is 1.74. The van der Waals surface area contributed by atoms with Crippen molar-refractivity contribution in [1.82, 2.24) is 24.5 Å². The molecule has 0 amide bonds. The molecule has 0 unspecified atom stereocenters. The highest BCUT2D eigenvalue weighted by atomic mass is 16.5. The van der Waals surface area contributed by atoms with Crippen molar-refractivity contribution in [2.24, 2.45) is 0 Å². The number of nitrogens with one attached hydrogen (secondary N) is 1. The normalized spacial score (nSPS) is 14.8. The van der Waals surface area contributed by atoms with Crippen LogP contribution in [-0.4, -0.2) is 57.0 Å². The molecule has 1 aliphatic heterocycles. The molecule has 1 aliphatic rings. The van der Waals surface area contributed by atoms with Crippen molar-refractivity contribution in [2.75, 3.05) is 31.2 Å². The van der Waals surface area contributed by atoms with Crippen LogP contribution < -0.4 is 4.90 Å². The van der Waals surface area contributed by atoms with Crippen LogP contribution in [0.4, 0.5) is 5.82 Å². The summed E-state index contributed by atoms with van der Waals surface area (Å²) >= 11 is 0. The summed E-state index contributed by atoms with van der Waals surface area (Å²) in [5.74, 6) is 2.00. The number of aromatic nitrogens is 5. The lowest BCUT2D eigenvalue weighted by Gasteiger charge is -2.27. The number of hydrogen-bond acceptors (Lipinski definition) is 7. The van der Waals surface area contributed by atoms with E-state index in [2.05, 4.69) is 31.3 Å². The Morgan fingerprint density at radius 1 is 1.16 bits per heavy atom. The molecule has 0 aliphatic carbocycles. The largest absolute Gasteiger partial charge is 0.378 e. The molecule has 1 saturated heterocycles. The summed E-state index contributed by atoms with van der Waals surface area (Å²) in [6.07, 6.45) is 4.70. The zero-order valence-corrected chi connectivity index (χ0v) is 14.0. The van der Waals surface area contributed by atoms with E-state index >= 15 is 0 Å². The van der Waals surface area contributed by atoms with Crippen LogP contribution in [-0.2, 0) is 11.3 Å². The number of aryl methyl sites for hydroxylation is 1. The highest BCUT2D eigenvalue weighted by Crippen LogP contribution is 2.29. The van der Waals surface area contributed by atoms with Crippen LogP contribution in [0, 0.1) is 5.41 Å². The van der Waals surface area contributed by atoms with Gasteiger partial charge in [0.05, 0.1) is 19.4 Å². The van der Waals surface area contributed by atoms with Crippen LogP contribution in [0.3, 0.4) is 0 Å². The first kappa shape index (κ1) is 15.6. The number of rotatable bonds is 4. The summed E-state index contributed by atoms with van der Waals surface area (Å²) in [6.45, 7) is 5.63. The third-order valence-electron chi connectivity index (χ3n) is 4.29. The lowest BCUT2D eigenvalue weighted by Crippen LogP contribution is -2.37. The molecule has 3 aromatic rings. The molecule has 8 heteroatoms. The highest BCUT2D eigenvalue weighted by Gasteiger charge is 2.22. The minimum atomic E-state index is 0.393. The number of fused-ring (bicyclic) bond motifs is 1. The Hall–Kier alpha value is -2.87. The Bertz CT molecular complexity index is 900. The van der Waals surface area contributed by atoms with Crippen molar-refractivity contribution in [1.29, 1.82) is 5.41 Å². The van der Waals surface area contributed by atoms with Crippen molar-refractivity contribution in [2.45, 2.75) is 13.5 Å². The molecule has 3 aromatic heterocycles. The number of morpholine rings is 1. The van der Waals surface area contributed by atoms with Crippen LogP contribution in [0.1, 0.15) is 12.7 Å². The zero-order chi connectivity index (χ0) is 17.2. The molecule has 0 saturated carbocycles. The molecule has 25 heavy (non-hydrogen) atoms. The van der Waals surface area contributed by atoms with Gasteiger partial charge in [0.25, 0.3) is 0 Å². The second-order valence-electron chi connectivity index (χ2n) is 5.74. The number of imidazole rings is 1. The number of nitrogens with zero attached hydrogens (tertiary/aromatic N) is 6. The summed E-state index contributed by atoms with van der Waals surface area (Å²) in [7, 11) is 0. The van der Waals surface area contributed by atoms with E-state index in [1.165, 1.54) is 6.21 Å². The van der Waals surface area contributed by atoms with E-state index in [9.17, 15) is 0 Å². The van der Waals surface area contributed by atoms with Crippen molar-refractivity contribution < 1.29 is 4.74 Å². The lowest BCUT2D eigenvalue weighted by molar-refractivity contribution is 0.122. The molecular weight excluding hydrogens is 318 g/mol. The van der Waals surface area contributed by atoms with Crippen molar-refractivity contribution >= 4 is 23.2 Å². The molecule has 1 fully saturated rings. The summed E-state index contributed by atoms with van der Waals surface area (Å²) in [5.41, 5.74) is 2.50. The maximum absolute atomic E-state index is 7.60. The van der Waals surface area contributed by atoms with Crippen LogP contribution in [0.2, 0.25) is 0 Å². The molecule has 4 heterocycles. The van der Waals surface area contributed by atoms with Gasteiger partial charge in [-0.1, -0.05) is 0 Å². The third kappa shape index (κ3) is 2.74. The van der Waals surface area contributed by atoms with Crippen molar-refractivity contribution in [3.8, 4) is 11.4 Å². The van der Waals surface area contributed by atoms with Crippen LogP contribution in [0.15, 0.2) is 24.5 Å². The van der Waals surface area contributed by atoms with Gasteiger partial charge in [0.2, 0.25) is 0 Å². The molecule has 0 spiro atoms. The van der Waals surface area contributed by atoms with E-state index in [0.717, 1.165) is 48.0 Å². The maximum atomic E-state index is 7.60. The average Bonchev–Trinajstić information content (AvgIpc) is 3.07. The van der Waals surface area contributed by atoms with E-state index < -0.39 is 0 Å². The monoisotopic (exact) mass is 337 g/mol. The van der Waals surface area contributed by atoms with E-state index in [1.807, 2.05) is 12.1 Å². The fourth-order valence-electron chi connectivity index (χ4n) is 3.08. The van der Waals surface area contributed by atoms with Crippen molar-refractivity contribution in [3.63, 3.8) is 0 Å². The number of pyridine rings is 1. The second-order valence-corrected chi connectivity index (χ2v) is 5.74. The van der Waals surface area contributed by atoms with Gasteiger partial charge in [0, 0.05) is 37.6 Å². The number of ether oxygens (including phenoxy) is 1. The Morgan fingerprint density at radius 2 is 1.92 bits per heavy atom. The second kappa shape index (κ2) is 6.56. The Labute approximate surface area is 145 Å². The van der Waals surface area contributed by atoms with Gasteiger partial charge in [0.15, 0.2) is 22.8 Å². The summed E-state index contributed by atoms with van der Waals surface area (Å²) in [4.78, 5) is 20.2. The molecule has 0 aromatic carbocycles. The Balaban J connectivity index is 1.96. The van der Waals surface area contributed by atoms with Gasteiger partial charge in [-0.3, -0.25) is 4.98 Å². The molecule has 4 rings (SSSR count). The maximum Gasteiger partial charge on any atom is 0.174 e. The van der Waals surface area contributed by atoms with Gasteiger partial charge in [-0.15, -0.1) is 0 Å². The minimum Gasteiger partial charge on any atom is -0.378 e. The van der Waals surface area contributed by atoms with E-state index in [-0.39, 0.29) is 0 Å². The molecule has 8 nitrogen and oxygen atoms in total. The molecule has 1 N–H and O–H groups in total. The fraction of sp³-hybridized carbons (Fsp3) is 0.353. The first-order valence-corrected chi connectivity index (χ1v) is 8.33. The summed E-state index contributed by atoms with van der Waals surface area (Å²) < 4.78 is 7.51. The molecule has 0 radical (unpaired) electrons. The van der Waals surface area contributed by atoms with Crippen LogP contribution >= 0.6 is 0 Å². The van der Waals surface area contributed by atoms with E-state index in [4.69, 9.17) is 15.1 Å². The fourth-order valence-corrected chi connectivity index (χ4v) is 3.08. The third-order valence-corrected chi connectivity index (χ3v) is 4.29. The SMILES string of the molecule is CCn1c(-c2ccncc2)nc2c(N3CCOCC3)nc(C=N)nc21. The summed E-state index contributed by atoms with van der Waals surface area (Å²) in [5, 5.41) is 7.60. The molecule has 128 valence electrons. The first-order chi connectivity index (χ1) is 12.3. The van der Waals surface area contributed by atoms with Crippen molar-refractivity contribution in [3.05, 3.63) is 30.4 Å².